The Morgan fingerprint density at radius 3 is 2.57 bits per heavy atom. The van der Waals surface area contributed by atoms with E-state index in [1.807, 2.05) is 13.0 Å². The van der Waals surface area contributed by atoms with Gasteiger partial charge in [-0.15, -0.1) is 0 Å². The normalized spacial score (nSPS) is 22.2. The first-order valence-corrected chi connectivity index (χ1v) is 9.76. The SMILES string of the molecule is CC(=O)N1c2cc(S(=O)(=O)N3CCOCC3)c(Br)cc2CC1C. The van der Waals surface area contributed by atoms with Crippen molar-refractivity contribution in [2.75, 3.05) is 31.2 Å². The lowest BCUT2D eigenvalue weighted by Crippen LogP contribution is -2.40. The third kappa shape index (κ3) is 2.93. The second-order valence-corrected chi connectivity index (χ2v) is 8.63. The topological polar surface area (TPSA) is 66.9 Å². The third-order valence-electron chi connectivity index (χ3n) is 4.28. The molecule has 0 radical (unpaired) electrons. The number of rotatable bonds is 2. The smallest absolute Gasteiger partial charge is 0.244 e. The number of nitrogens with zero attached hydrogens (tertiary/aromatic N) is 2. The molecule has 1 aromatic carbocycles. The van der Waals surface area contributed by atoms with E-state index in [1.54, 1.807) is 11.0 Å². The molecule has 8 heteroatoms. The molecule has 2 aliphatic rings. The lowest BCUT2D eigenvalue weighted by atomic mass is 10.1. The van der Waals surface area contributed by atoms with Gasteiger partial charge in [-0.2, -0.15) is 4.31 Å². The van der Waals surface area contributed by atoms with Crippen molar-refractivity contribution < 1.29 is 17.9 Å². The highest BCUT2D eigenvalue weighted by atomic mass is 79.9. The number of ether oxygens (including phenoxy) is 1. The predicted molar refractivity (Wildman–Crippen MR) is 90.0 cm³/mol. The number of morpholine rings is 1. The Morgan fingerprint density at radius 1 is 1.30 bits per heavy atom. The van der Waals surface area contributed by atoms with Crippen molar-refractivity contribution in [3.8, 4) is 0 Å². The molecule has 1 unspecified atom stereocenters. The zero-order valence-corrected chi connectivity index (χ0v) is 15.5. The highest BCUT2D eigenvalue weighted by Gasteiger charge is 2.34. The van der Waals surface area contributed by atoms with Crippen LogP contribution < -0.4 is 4.90 Å². The van der Waals surface area contributed by atoms with Gasteiger partial charge in [-0.05, 0) is 47.0 Å². The molecule has 126 valence electrons. The fourth-order valence-corrected chi connectivity index (χ4v) is 5.70. The van der Waals surface area contributed by atoms with Gasteiger partial charge in [0.1, 0.15) is 0 Å². The number of hydrogen-bond acceptors (Lipinski definition) is 4. The zero-order chi connectivity index (χ0) is 16.8. The number of amides is 1. The van der Waals surface area contributed by atoms with Crippen molar-refractivity contribution in [1.82, 2.24) is 4.31 Å². The first-order chi connectivity index (χ1) is 10.8. The van der Waals surface area contributed by atoms with E-state index in [0.717, 1.165) is 12.0 Å². The minimum atomic E-state index is -3.61. The monoisotopic (exact) mass is 402 g/mol. The van der Waals surface area contributed by atoms with Crippen molar-refractivity contribution in [3.05, 3.63) is 22.2 Å². The molecule has 0 saturated carbocycles. The summed E-state index contributed by atoms with van der Waals surface area (Å²) in [5.41, 5.74) is 1.68. The molecule has 0 spiro atoms. The molecule has 3 rings (SSSR count). The van der Waals surface area contributed by atoms with E-state index >= 15 is 0 Å². The van der Waals surface area contributed by atoms with Crippen LogP contribution in [0.2, 0.25) is 0 Å². The maximum absolute atomic E-state index is 12.9. The Labute approximate surface area is 144 Å². The molecular formula is C15H19BrN2O4S. The van der Waals surface area contributed by atoms with Crippen LogP contribution in [-0.4, -0.2) is 51.0 Å². The Bertz CT molecular complexity index is 744. The molecule has 6 nitrogen and oxygen atoms in total. The second-order valence-electron chi connectivity index (χ2n) is 5.87. The van der Waals surface area contributed by atoms with Gasteiger partial charge in [0, 0.05) is 36.2 Å². The lowest BCUT2D eigenvalue weighted by molar-refractivity contribution is -0.116. The van der Waals surface area contributed by atoms with Gasteiger partial charge < -0.3 is 9.64 Å². The molecule has 1 atom stereocenters. The van der Waals surface area contributed by atoms with Gasteiger partial charge >= 0.3 is 0 Å². The zero-order valence-electron chi connectivity index (χ0n) is 13.1. The van der Waals surface area contributed by atoms with Crippen molar-refractivity contribution >= 4 is 37.5 Å². The maximum atomic E-state index is 12.9. The predicted octanol–water partition coefficient (Wildman–Crippen LogP) is 1.77. The van der Waals surface area contributed by atoms with E-state index in [4.69, 9.17) is 4.74 Å². The van der Waals surface area contributed by atoms with Gasteiger partial charge in [0.25, 0.3) is 0 Å². The Balaban J connectivity index is 2.06. The number of halogens is 1. The molecule has 23 heavy (non-hydrogen) atoms. The maximum Gasteiger partial charge on any atom is 0.244 e. The first kappa shape index (κ1) is 16.9. The lowest BCUT2D eigenvalue weighted by Gasteiger charge is -2.27. The molecule has 2 aliphatic heterocycles. The van der Waals surface area contributed by atoms with Crippen LogP contribution in [0.15, 0.2) is 21.5 Å². The van der Waals surface area contributed by atoms with Crippen LogP contribution in [0, 0.1) is 0 Å². The quantitative estimate of drug-likeness (QED) is 0.755. The summed E-state index contributed by atoms with van der Waals surface area (Å²) >= 11 is 3.39. The van der Waals surface area contributed by atoms with E-state index in [0.29, 0.717) is 36.5 Å². The summed E-state index contributed by atoms with van der Waals surface area (Å²) in [6.07, 6.45) is 0.728. The van der Waals surface area contributed by atoms with E-state index in [2.05, 4.69) is 15.9 Å². The number of hydrogen-bond donors (Lipinski definition) is 0. The van der Waals surface area contributed by atoms with E-state index in [9.17, 15) is 13.2 Å². The van der Waals surface area contributed by atoms with Gasteiger partial charge in [-0.25, -0.2) is 8.42 Å². The van der Waals surface area contributed by atoms with E-state index in [1.165, 1.54) is 11.2 Å². The minimum Gasteiger partial charge on any atom is -0.379 e. The highest BCUT2D eigenvalue weighted by molar-refractivity contribution is 9.10. The minimum absolute atomic E-state index is 0.0377. The van der Waals surface area contributed by atoms with E-state index < -0.39 is 10.0 Å². The number of sulfonamides is 1. The summed E-state index contributed by atoms with van der Waals surface area (Å²) in [7, 11) is -3.61. The van der Waals surface area contributed by atoms with Crippen LogP contribution in [-0.2, 0) is 26.0 Å². The van der Waals surface area contributed by atoms with Crippen LogP contribution >= 0.6 is 15.9 Å². The molecule has 0 bridgehead atoms. The fourth-order valence-electron chi connectivity index (χ4n) is 3.22. The molecule has 1 saturated heterocycles. The average Bonchev–Trinajstić information content (AvgIpc) is 2.82. The average molecular weight is 403 g/mol. The standard InChI is InChI=1S/C15H19BrN2O4S/c1-10-7-12-8-13(16)15(9-14(12)18(10)11(2)19)23(20,21)17-3-5-22-6-4-17/h8-10H,3-7H2,1-2H3. The number of anilines is 1. The molecular weight excluding hydrogens is 384 g/mol. The van der Waals surface area contributed by atoms with Gasteiger partial charge in [-0.1, -0.05) is 0 Å². The van der Waals surface area contributed by atoms with Crippen molar-refractivity contribution in [3.63, 3.8) is 0 Å². The number of fused-ring (bicyclic) bond motifs is 1. The van der Waals surface area contributed by atoms with Crippen LogP contribution in [0.1, 0.15) is 19.4 Å². The van der Waals surface area contributed by atoms with Crippen molar-refractivity contribution in [2.24, 2.45) is 0 Å². The Hall–Kier alpha value is -0.960. The van der Waals surface area contributed by atoms with Gasteiger partial charge in [0.15, 0.2) is 0 Å². The summed E-state index contributed by atoms with van der Waals surface area (Å²) in [4.78, 5) is 13.8. The van der Waals surface area contributed by atoms with Gasteiger partial charge in [0.2, 0.25) is 15.9 Å². The molecule has 1 aromatic rings. The summed E-state index contributed by atoms with van der Waals surface area (Å²) in [6, 6.07) is 3.48. The summed E-state index contributed by atoms with van der Waals surface area (Å²) in [5, 5.41) is 0. The van der Waals surface area contributed by atoms with Crippen LogP contribution in [0.4, 0.5) is 5.69 Å². The molecule has 0 aromatic heterocycles. The third-order valence-corrected chi connectivity index (χ3v) is 7.13. The van der Waals surface area contributed by atoms with Crippen molar-refractivity contribution in [1.29, 1.82) is 0 Å². The van der Waals surface area contributed by atoms with Crippen LogP contribution in [0.25, 0.3) is 0 Å². The second kappa shape index (κ2) is 6.16. The fraction of sp³-hybridized carbons (Fsp3) is 0.533. The van der Waals surface area contributed by atoms with Crippen LogP contribution in [0.5, 0.6) is 0 Å². The number of benzene rings is 1. The van der Waals surface area contributed by atoms with Gasteiger partial charge in [0.05, 0.1) is 18.1 Å². The summed E-state index contributed by atoms with van der Waals surface area (Å²) in [6.45, 7) is 4.96. The van der Waals surface area contributed by atoms with Crippen molar-refractivity contribution in [2.45, 2.75) is 31.2 Å². The summed E-state index contributed by atoms with van der Waals surface area (Å²) < 4.78 is 33.0. The largest absolute Gasteiger partial charge is 0.379 e. The number of carbonyl (C=O) groups excluding carboxylic acids is 1. The first-order valence-electron chi connectivity index (χ1n) is 7.52. The van der Waals surface area contributed by atoms with Gasteiger partial charge in [-0.3, -0.25) is 4.79 Å². The molecule has 1 fully saturated rings. The van der Waals surface area contributed by atoms with E-state index in [-0.39, 0.29) is 16.8 Å². The summed E-state index contributed by atoms with van der Waals surface area (Å²) in [5.74, 6) is -0.0757. The molecule has 0 aliphatic carbocycles. The number of carbonyl (C=O) groups is 1. The van der Waals surface area contributed by atoms with Crippen LogP contribution in [0.3, 0.4) is 0 Å². The Kier molecular flexibility index (Phi) is 4.52. The molecule has 2 heterocycles. The Morgan fingerprint density at radius 2 is 1.96 bits per heavy atom. The molecule has 1 amide bonds. The molecule has 0 N–H and O–H groups in total. The highest BCUT2D eigenvalue weighted by Crippen LogP contribution is 2.38.